The molecule has 4 heteroatoms. The molecule has 3 nitrogen and oxygen atoms in total. The number of imidazole rings is 1. The van der Waals surface area contributed by atoms with Crippen molar-refractivity contribution >= 4 is 11.3 Å². The van der Waals surface area contributed by atoms with Gasteiger partial charge in [0.25, 0.3) is 0 Å². The molecule has 0 aliphatic heterocycles. The Balaban J connectivity index is 2.47. The lowest BCUT2D eigenvalue weighted by Gasteiger charge is -2.14. The number of aryl methyl sites for hydroxylation is 1. The Morgan fingerprint density at radius 1 is 1.47 bits per heavy atom. The van der Waals surface area contributed by atoms with Crippen LogP contribution < -0.4 is 5.73 Å². The summed E-state index contributed by atoms with van der Waals surface area (Å²) < 4.78 is 0. The van der Waals surface area contributed by atoms with Gasteiger partial charge in [-0.15, -0.1) is 11.3 Å². The molecule has 0 amide bonds. The van der Waals surface area contributed by atoms with E-state index in [0.29, 0.717) is 0 Å². The molecule has 2 aromatic rings. The van der Waals surface area contributed by atoms with Gasteiger partial charge in [-0.3, -0.25) is 0 Å². The molecule has 0 radical (unpaired) electrons. The van der Waals surface area contributed by atoms with E-state index in [0.717, 1.165) is 17.2 Å². The van der Waals surface area contributed by atoms with E-state index < -0.39 is 5.54 Å². The number of aromatic nitrogens is 2. The lowest BCUT2D eigenvalue weighted by Crippen LogP contribution is -2.30. The minimum absolute atomic E-state index is 0.416. The highest BCUT2D eigenvalue weighted by Gasteiger charge is 2.20. The molecule has 0 aromatic carbocycles. The number of nitrogens with one attached hydrogen (secondary N) is 1. The van der Waals surface area contributed by atoms with E-state index in [1.807, 2.05) is 26.8 Å². The summed E-state index contributed by atoms with van der Waals surface area (Å²) in [5.41, 5.74) is 7.67. The summed E-state index contributed by atoms with van der Waals surface area (Å²) in [5, 5.41) is 2.05. The molecule has 0 aliphatic carbocycles. The minimum Gasteiger partial charge on any atom is -0.344 e. The molecule has 0 spiro atoms. The summed E-state index contributed by atoms with van der Waals surface area (Å²) >= 11 is 1.69. The van der Waals surface area contributed by atoms with Crippen molar-refractivity contribution < 1.29 is 0 Å². The van der Waals surface area contributed by atoms with Crippen LogP contribution in [0.3, 0.4) is 0 Å². The largest absolute Gasteiger partial charge is 0.344 e. The summed E-state index contributed by atoms with van der Waals surface area (Å²) in [6, 6.07) is 4.10. The molecule has 80 valence electrons. The van der Waals surface area contributed by atoms with Gasteiger partial charge in [0.1, 0.15) is 11.5 Å². The average Bonchev–Trinajstić information content (AvgIpc) is 2.69. The molecule has 0 fully saturated rings. The van der Waals surface area contributed by atoms with E-state index in [1.165, 1.54) is 4.88 Å². The van der Waals surface area contributed by atoms with Crippen LogP contribution in [-0.4, -0.2) is 9.97 Å². The number of nitrogens with two attached hydrogens (primary N) is 1. The normalized spacial score (nSPS) is 12.0. The summed E-state index contributed by atoms with van der Waals surface area (Å²) in [6.45, 7) is 5.92. The Hall–Kier alpha value is -1.13. The molecule has 0 bridgehead atoms. The van der Waals surface area contributed by atoms with Crippen LogP contribution in [-0.2, 0) is 5.54 Å². The molecular weight excluding hydrogens is 206 g/mol. The van der Waals surface area contributed by atoms with Crippen molar-refractivity contribution in [3.8, 4) is 10.6 Å². The van der Waals surface area contributed by atoms with Gasteiger partial charge in [0.05, 0.1) is 10.4 Å². The first-order chi connectivity index (χ1) is 6.98. The van der Waals surface area contributed by atoms with Crippen molar-refractivity contribution in [2.24, 2.45) is 5.73 Å². The Morgan fingerprint density at radius 2 is 2.20 bits per heavy atom. The van der Waals surface area contributed by atoms with E-state index in [-0.39, 0.29) is 0 Å². The molecule has 2 heterocycles. The third-order valence-corrected chi connectivity index (χ3v) is 3.13. The van der Waals surface area contributed by atoms with Gasteiger partial charge in [-0.2, -0.15) is 0 Å². The van der Waals surface area contributed by atoms with Crippen LogP contribution in [0.25, 0.3) is 10.6 Å². The maximum atomic E-state index is 6.00. The van der Waals surface area contributed by atoms with Gasteiger partial charge in [0, 0.05) is 5.69 Å². The van der Waals surface area contributed by atoms with Gasteiger partial charge in [-0.25, -0.2) is 4.98 Å². The van der Waals surface area contributed by atoms with Gasteiger partial charge < -0.3 is 10.7 Å². The molecule has 0 unspecified atom stereocenters. The van der Waals surface area contributed by atoms with Gasteiger partial charge >= 0.3 is 0 Å². The number of aromatic amines is 1. The molecule has 2 rings (SSSR count). The number of hydrogen-bond acceptors (Lipinski definition) is 3. The summed E-state index contributed by atoms with van der Waals surface area (Å²) in [5.74, 6) is 0.836. The fourth-order valence-electron chi connectivity index (χ4n) is 1.42. The predicted octanol–water partition coefficient (Wildman–Crippen LogP) is 2.64. The monoisotopic (exact) mass is 221 g/mol. The first kappa shape index (κ1) is 10.4. The highest BCUT2D eigenvalue weighted by Crippen LogP contribution is 2.27. The van der Waals surface area contributed by atoms with E-state index in [1.54, 1.807) is 11.3 Å². The Kier molecular flexibility index (Phi) is 2.40. The number of hydrogen-bond donors (Lipinski definition) is 2. The van der Waals surface area contributed by atoms with E-state index >= 15 is 0 Å². The molecule has 2 aromatic heterocycles. The second-order valence-electron chi connectivity index (χ2n) is 4.26. The first-order valence-corrected chi connectivity index (χ1v) is 5.76. The smallest absolute Gasteiger partial charge is 0.126 e. The minimum atomic E-state index is -0.416. The first-order valence-electron chi connectivity index (χ1n) is 4.88. The van der Waals surface area contributed by atoms with Gasteiger partial charge in [-0.1, -0.05) is 6.07 Å². The molecule has 0 saturated heterocycles. The standard InChI is InChI=1S/C11H15N3S/c1-7-9(8-5-4-6-15-8)14-10(13-7)11(2,3)12/h4-6H,12H2,1-3H3,(H,13,14). The molecule has 3 N–H and O–H groups in total. The highest BCUT2D eigenvalue weighted by molar-refractivity contribution is 7.13. The maximum absolute atomic E-state index is 6.00. The molecular formula is C11H15N3S. The third-order valence-electron chi connectivity index (χ3n) is 2.25. The Bertz CT molecular complexity index is 449. The van der Waals surface area contributed by atoms with Gasteiger partial charge in [-0.05, 0) is 32.2 Å². The van der Waals surface area contributed by atoms with Crippen molar-refractivity contribution in [3.05, 3.63) is 29.0 Å². The van der Waals surface area contributed by atoms with Crippen molar-refractivity contribution in [1.29, 1.82) is 0 Å². The molecule has 0 aliphatic rings. The maximum Gasteiger partial charge on any atom is 0.126 e. The SMILES string of the molecule is Cc1[nH]c(C(C)(C)N)nc1-c1cccs1. The second kappa shape index (κ2) is 3.47. The zero-order valence-electron chi connectivity index (χ0n) is 9.16. The lowest BCUT2D eigenvalue weighted by atomic mass is 10.1. The number of H-pyrrole nitrogens is 1. The van der Waals surface area contributed by atoms with Crippen LogP contribution in [0.1, 0.15) is 25.4 Å². The molecule has 15 heavy (non-hydrogen) atoms. The number of rotatable bonds is 2. The van der Waals surface area contributed by atoms with Crippen LogP contribution in [0, 0.1) is 6.92 Å². The number of nitrogens with zero attached hydrogens (tertiary/aromatic N) is 1. The van der Waals surface area contributed by atoms with Crippen LogP contribution in [0.2, 0.25) is 0 Å². The highest BCUT2D eigenvalue weighted by atomic mass is 32.1. The van der Waals surface area contributed by atoms with Crippen molar-refractivity contribution in [1.82, 2.24) is 9.97 Å². The quantitative estimate of drug-likeness (QED) is 0.819. The van der Waals surface area contributed by atoms with Crippen molar-refractivity contribution in [2.45, 2.75) is 26.3 Å². The van der Waals surface area contributed by atoms with Gasteiger partial charge in [0.15, 0.2) is 0 Å². The topological polar surface area (TPSA) is 54.7 Å². The summed E-state index contributed by atoms with van der Waals surface area (Å²) in [4.78, 5) is 8.98. The van der Waals surface area contributed by atoms with Crippen LogP contribution in [0.15, 0.2) is 17.5 Å². The van der Waals surface area contributed by atoms with Gasteiger partial charge in [0.2, 0.25) is 0 Å². The van der Waals surface area contributed by atoms with Crippen LogP contribution >= 0.6 is 11.3 Å². The summed E-state index contributed by atoms with van der Waals surface area (Å²) in [7, 11) is 0. The van der Waals surface area contributed by atoms with Crippen molar-refractivity contribution in [3.63, 3.8) is 0 Å². The van der Waals surface area contributed by atoms with E-state index in [9.17, 15) is 0 Å². The van der Waals surface area contributed by atoms with Crippen LogP contribution in [0.5, 0.6) is 0 Å². The average molecular weight is 221 g/mol. The number of thiophene rings is 1. The van der Waals surface area contributed by atoms with Crippen molar-refractivity contribution in [2.75, 3.05) is 0 Å². The lowest BCUT2D eigenvalue weighted by molar-refractivity contribution is 0.520. The Labute approximate surface area is 93.4 Å². The second-order valence-corrected chi connectivity index (χ2v) is 5.21. The fourth-order valence-corrected chi connectivity index (χ4v) is 2.19. The predicted molar refractivity (Wildman–Crippen MR) is 63.9 cm³/mol. The van der Waals surface area contributed by atoms with Crippen LogP contribution in [0.4, 0.5) is 0 Å². The Morgan fingerprint density at radius 3 is 2.67 bits per heavy atom. The third kappa shape index (κ3) is 1.96. The fraction of sp³-hybridized carbons (Fsp3) is 0.364. The van der Waals surface area contributed by atoms with E-state index in [4.69, 9.17) is 5.73 Å². The van der Waals surface area contributed by atoms with E-state index in [2.05, 4.69) is 21.4 Å². The zero-order chi connectivity index (χ0) is 11.1. The molecule has 0 atom stereocenters. The zero-order valence-corrected chi connectivity index (χ0v) is 9.98. The summed E-state index contributed by atoms with van der Waals surface area (Å²) in [6.07, 6.45) is 0. The molecule has 0 saturated carbocycles.